The lowest BCUT2D eigenvalue weighted by Gasteiger charge is -2.06. The van der Waals surface area contributed by atoms with E-state index in [4.69, 9.17) is 0 Å². The molecule has 1 aromatic heterocycles. The second-order valence-corrected chi connectivity index (χ2v) is 6.11. The molecule has 3 rings (SSSR count). The fraction of sp³-hybridized carbons (Fsp3) is 0.118. The average molecular weight is 389 g/mol. The van der Waals surface area contributed by atoms with Crippen molar-refractivity contribution >= 4 is 28.3 Å². The number of hydrogen-bond acceptors (Lipinski definition) is 2. The largest absolute Gasteiger partial charge is 0.381 e. The predicted molar refractivity (Wildman–Crippen MR) is 94.8 cm³/mol. The van der Waals surface area contributed by atoms with Gasteiger partial charge < -0.3 is 5.32 Å². The molecular formula is C17H16IN3. The highest BCUT2D eigenvalue weighted by atomic mass is 127. The van der Waals surface area contributed by atoms with E-state index in [1.807, 2.05) is 41.2 Å². The molecular weight excluding hydrogens is 373 g/mol. The third-order valence-electron chi connectivity index (χ3n) is 3.33. The van der Waals surface area contributed by atoms with Gasteiger partial charge in [0.1, 0.15) is 0 Å². The first-order valence-corrected chi connectivity index (χ1v) is 7.89. The number of anilines is 1. The normalized spacial score (nSPS) is 10.6. The highest BCUT2D eigenvalue weighted by molar-refractivity contribution is 14.1. The summed E-state index contributed by atoms with van der Waals surface area (Å²) in [5, 5.41) is 7.84. The SMILES string of the molecule is Cc1ccc(NCc2cnn(-c3ccccc3)c2)cc1I. The summed E-state index contributed by atoms with van der Waals surface area (Å²) in [6, 6.07) is 16.5. The summed E-state index contributed by atoms with van der Waals surface area (Å²) in [7, 11) is 0. The van der Waals surface area contributed by atoms with E-state index in [2.05, 4.69) is 64.3 Å². The number of benzene rings is 2. The van der Waals surface area contributed by atoms with Crippen LogP contribution in [0.4, 0.5) is 5.69 Å². The lowest BCUT2D eigenvalue weighted by Crippen LogP contribution is -1.99. The lowest BCUT2D eigenvalue weighted by atomic mass is 10.2. The number of aryl methyl sites for hydroxylation is 1. The molecule has 0 aliphatic rings. The quantitative estimate of drug-likeness (QED) is 0.671. The number of hydrogen-bond donors (Lipinski definition) is 1. The van der Waals surface area contributed by atoms with Crippen LogP contribution in [0.25, 0.3) is 5.69 Å². The minimum atomic E-state index is 0.770. The number of aromatic nitrogens is 2. The molecule has 0 atom stereocenters. The van der Waals surface area contributed by atoms with Gasteiger partial charge in [0.25, 0.3) is 0 Å². The molecule has 0 saturated carbocycles. The van der Waals surface area contributed by atoms with Crippen molar-refractivity contribution in [3.8, 4) is 5.69 Å². The molecule has 0 amide bonds. The minimum absolute atomic E-state index is 0.770. The van der Waals surface area contributed by atoms with Crippen LogP contribution in [0, 0.1) is 10.5 Å². The Morgan fingerprint density at radius 3 is 2.71 bits per heavy atom. The predicted octanol–water partition coefficient (Wildman–Crippen LogP) is 4.40. The van der Waals surface area contributed by atoms with Crippen LogP contribution in [-0.2, 0) is 6.54 Å². The summed E-state index contributed by atoms with van der Waals surface area (Å²) in [5.74, 6) is 0. The first-order chi connectivity index (χ1) is 10.2. The van der Waals surface area contributed by atoms with E-state index >= 15 is 0 Å². The van der Waals surface area contributed by atoms with Crippen molar-refractivity contribution in [1.29, 1.82) is 0 Å². The molecule has 1 heterocycles. The van der Waals surface area contributed by atoms with Crippen molar-refractivity contribution in [2.24, 2.45) is 0 Å². The standard InChI is InChI=1S/C17H16IN3/c1-13-7-8-15(9-17(13)18)19-10-14-11-20-21(12-14)16-5-3-2-4-6-16/h2-9,11-12,19H,10H2,1H3. The third kappa shape index (κ3) is 3.44. The van der Waals surface area contributed by atoms with Crippen LogP contribution in [-0.4, -0.2) is 9.78 Å². The van der Waals surface area contributed by atoms with Gasteiger partial charge in [-0.05, 0) is 59.3 Å². The Bertz CT molecular complexity index is 735. The van der Waals surface area contributed by atoms with Gasteiger partial charge >= 0.3 is 0 Å². The van der Waals surface area contributed by atoms with Crippen LogP contribution < -0.4 is 5.32 Å². The van der Waals surface area contributed by atoms with E-state index in [0.717, 1.165) is 23.5 Å². The van der Waals surface area contributed by atoms with Crippen LogP contribution in [0.1, 0.15) is 11.1 Å². The topological polar surface area (TPSA) is 29.9 Å². The first kappa shape index (κ1) is 14.1. The van der Waals surface area contributed by atoms with Gasteiger partial charge in [0, 0.05) is 27.6 Å². The Morgan fingerprint density at radius 2 is 1.95 bits per heavy atom. The summed E-state index contributed by atoms with van der Waals surface area (Å²) in [4.78, 5) is 0. The molecule has 3 nitrogen and oxygen atoms in total. The molecule has 0 bridgehead atoms. The van der Waals surface area contributed by atoms with E-state index in [0.29, 0.717) is 0 Å². The molecule has 4 heteroatoms. The van der Waals surface area contributed by atoms with E-state index in [9.17, 15) is 0 Å². The lowest BCUT2D eigenvalue weighted by molar-refractivity contribution is 0.880. The summed E-state index contributed by atoms with van der Waals surface area (Å²) < 4.78 is 3.17. The Kier molecular flexibility index (Phi) is 4.24. The van der Waals surface area contributed by atoms with Crippen LogP contribution >= 0.6 is 22.6 Å². The van der Waals surface area contributed by atoms with Gasteiger partial charge in [0.15, 0.2) is 0 Å². The van der Waals surface area contributed by atoms with E-state index in [1.54, 1.807) is 0 Å². The highest BCUT2D eigenvalue weighted by Crippen LogP contribution is 2.18. The molecule has 0 spiro atoms. The van der Waals surface area contributed by atoms with Crippen LogP contribution in [0.2, 0.25) is 0 Å². The van der Waals surface area contributed by atoms with E-state index < -0.39 is 0 Å². The number of nitrogens with zero attached hydrogens (tertiary/aromatic N) is 2. The summed E-state index contributed by atoms with van der Waals surface area (Å²) in [5.41, 5.74) is 4.68. The second kappa shape index (κ2) is 6.30. The molecule has 0 saturated heterocycles. The van der Waals surface area contributed by atoms with E-state index in [-0.39, 0.29) is 0 Å². The van der Waals surface area contributed by atoms with Crippen molar-refractivity contribution in [2.75, 3.05) is 5.32 Å². The number of rotatable bonds is 4. The maximum absolute atomic E-state index is 4.41. The second-order valence-electron chi connectivity index (χ2n) is 4.95. The van der Waals surface area contributed by atoms with E-state index in [1.165, 1.54) is 9.13 Å². The van der Waals surface area contributed by atoms with Gasteiger partial charge in [-0.15, -0.1) is 0 Å². The maximum Gasteiger partial charge on any atom is 0.0645 e. The Morgan fingerprint density at radius 1 is 1.14 bits per heavy atom. The highest BCUT2D eigenvalue weighted by Gasteiger charge is 2.01. The Hall–Kier alpha value is -1.82. The zero-order valence-electron chi connectivity index (χ0n) is 11.8. The number of halogens is 1. The maximum atomic E-state index is 4.41. The molecule has 1 N–H and O–H groups in total. The average Bonchev–Trinajstić information content (AvgIpc) is 2.98. The number of para-hydroxylation sites is 1. The fourth-order valence-electron chi connectivity index (χ4n) is 2.08. The molecule has 0 aliphatic carbocycles. The van der Waals surface area contributed by atoms with Crippen LogP contribution in [0.15, 0.2) is 60.9 Å². The zero-order valence-corrected chi connectivity index (χ0v) is 13.9. The van der Waals surface area contributed by atoms with Crippen molar-refractivity contribution in [3.63, 3.8) is 0 Å². The van der Waals surface area contributed by atoms with Crippen LogP contribution in [0.5, 0.6) is 0 Å². The molecule has 0 aliphatic heterocycles. The monoisotopic (exact) mass is 389 g/mol. The third-order valence-corrected chi connectivity index (χ3v) is 4.49. The van der Waals surface area contributed by atoms with Crippen molar-refractivity contribution in [2.45, 2.75) is 13.5 Å². The Labute approximate surface area is 138 Å². The van der Waals surface area contributed by atoms with Crippen molar-refractivity contribution in [1.82, 2.24) is 9.78 Å². The summed E-state index contributed by atoms with van der Waals surface area (Å²) >= 11 is 2.36. The molecule has 0 unspecified atom stereocenters. The molecule has 106 valence electrons. The zero-order chi connectivity index (χ0) is 14.7. The molecule has 0 radical (unpaired) electrons. The van der Waals surface area contributed by atoms with Gasteiger partial charge in [0.05, 0.1) is 11.9 Å². The molecule has 0 fully saturated rings. The molecule has 2 aromatic carbocycles. The van der Waals surface area contributed by atoms with Gasteiger partial charge in [-0.25, -0.2) is 4.68 Å². The van der Waals surface area contributed by atoms with Crippen LogP contribution in [0.3, 0.4) is 0 Å². The molecule has 3 aromatic rings. The fourth-order valence-corrected chi connectivity index (χ4v) is 2.60. The van der Waals surface area contributed by atoms with Gasteiger partial charge in [0.2, 0.25) is 0 Å². The number of nitrogens with one attached hydrogen (secondary N) is 1. The van der Waals surface area contributed by atoms with Gasteiger partial charge in [-0.3, -0.25) is 0 Å². The summed E-state index contributed by atoms with van der Waals surface area (Å²) in [6.07, 6.45) is 3.96. The Balaban J connectivity index is 1.69. The smallest absolute Gasteiger partial charge is 0.0645 e. The van der Waals surface area contributed by atoms with Crippen molar-refractivity contribution in [3.05, 3.63) is 75.6 Å². The van der Waals surface area contributed by atoms with Gasteiger partial charge in [-0.2, -0.15) is 5.10 Å². The minimum Gasteiger partial charge on any atom is -0.381 e. The first-order valence-electron chi connectivity index (χ1n) is 6.81. The summed E-state index contributed by atoms with van der Waals surface area (Å²) in [6.45, 7) is 2.89. The van der Waals surface area contributed by atoms with Gasteiger partial charge in [-0.1, -0.05) is 24.3 Å². The molecule has 21 heavy (non-hydrogen) atoms. The van der Waals surface area contributed by atoms with Crippen molar-refractivity contribution < 1.29 is 0 Å².